The van der Waals surface area contributed by atoms with E-state index >= 15 is 0 Å². The first-order chi connectivity index (χ1) is 9.52. The summed E-state index contributed by atoms with van der Waals surface area (Å²) >= 11 is 0. The molecule has 0 aliphatic rings. The number of esters is 1. The van der Waals surface area contributed by atoms with Crippen LogP contribution in [0.5, 0.6) is 5.75 Å². The molecule has 0 unspecified atom stereocenters. The molecule has 1 rings (SSSR count). The van der Waals surface area contributed by atoms with E-state index in [1.165, 1.54) is 0 Å². The van der Waals surface area contributed by atoms with Crippen LogP contribution in [0, 0.1) is 0 Å². The van der Waals surface area contributed by atoms with E-state index in [9.17, 15) is 14.4 Å². The molecule has 20 heavy (non-hydrogen) atoms. The molecule has 1 atom stereocenters. The molecule has 0 radical (unpaired) electrons. The normalized spacial score (nSPS) is 11.2. The molecule has 1 aromatic rings. The van der Waals surface area contributed by atoms with Gasteiger partial charge in [-0.3, -0.25) is 4.79 Å². The van der Waals surface area contributed by atoms with Crippen LogP contribution in [-0.2, 0) is 14.3 Å². The summed E-state index contributed by atoms with van der Waals surface area (Å²) in [5.41, 5.74) is 0. The van der Waals surface area contributed by atoms with E-state index in [-0.39, 0.29) is 12.8 Å². The van der Waals surface area contributed by atoms with Crippen molar-refractivity contribution < 1.29 is 29.0 Å². The number of hydrogen-bond acceptors (Lipinski definition) is 5. The van der Waals surface area contributed by atoms with Gasteiger partial charge in [0.25, 0.3) is 0 Å². The Morgan fingerprint density at radius 1 is 1.25 bits per heavy atom. The summed E-state index contributed by atoms with van der Waals surface area (Å²) in [7, 11) is 1.12. The molecule has 0 aromatic heterocycles. The van der Waals surface area contributed by atoms with Crippen molar-refractivity contribution >= 4 is 18.0 Å². The van der Waals surface area contributed by atoms with E-state index in [2.05, 4.69) is 10.1 Å². The van der Waals surface area contributed by atoms with E-state index in [0.717, 1.165) is 7.11 Å². The zero-order valence-electron chi connectivity index (χ0n) is 10.9. The van der Waals surface area contributed by atoms with E-state index in [1.54, 1.807) is 30.3 Å². The van der Waals surface area contributed by atoms with Crippen LogP contribution in [0.15, 0.2) is 30.3 Å². The number of rotatable bonds is 6. The summed E-state index contributed by atoms with van der Waals surface area (Å²) in [5, 5.41) is 11.0. The zero-order chi connectivity index (χ0) is 15.0. The molecular weight excluding hydrogens is 266 g/mol. The highest BCUT2D eigenvalue weighted by Gasteiger charge is 2.21. The van der Waals surface area contributed by atoms with Crippen LogP contribution in [-0.4, -0.2) is 36.3 Å². The number of carbonyl (C=O) groups is 3. The van der Waals surface area contributed by atoms with Crippen molar-refractivity contribution in [3.8, 4) is 5.75 Å². The maximum atomic E-state index is 11.5. The van der Waals surface area contributed by atoms with Crippen LogP contribution in [0.25, 0.3) is 0 Å². The van der Waals surface area contributed by atoms with Crippen LogP contribution in [0.1, 0.15) is 12.8 Å². The van der Waals surface area contributed by atoms with Crippen molar-refractivity contribution in [2.75, 3.05) is 7.11 Å². The average Bonchev–Trinajstić information content (AvgIpc) is 2.43. The zero-order valence-corrected chi connectivity index (χ0v) is 10.9. The summed E-state index contributed by atoms with van der Waals surface area (Å²) < 4.78 is 9.30. The highest BCUT2D eigenvalue weighted by Crippen LogP contribution is 2.10. The minimum atomic E-state index is -1.25. The maximum absolute atomic E-state index is 11.5. The smallest absolute Gasteiger partial charge is 0.407 e. The highest BCUT2D eigenvalue weighted by atomic mass is 16.5. The van der Waals surface area contributed by atoms with Gasteiger partial charge in [-0.2, -0.15) is 0 Å². The van der Waals surface area contributed by atoms with E-state index < -0.39 is 24.1 Å². The van der Waals surface area contributed by atoms with Gasteiger partial charge in [-0.05, 0) is 18.6 Å². The van der Waals surface area contributed by atoms with Gasteiger partial charge in [0.05, 0.1) is 7.11 Å². The molecule has 0 aliphatic carbocycles. The fraction of sp³-hybridized carbons (Fsp3) is 0.308. The van der Waals surface area contributed by atoms with Crippen molar-refractivity contribution in [3.63, 3.8) is 0 Å². The fourth-order valence-corrected chi connectivity index (χ4v) is 1.39. The van der Waals surface area contributed by atoms with E-state index in [1.807, 2.05) is 0 Å². The van der Waals surface area contributed by atoms with Crippen molar-refractivity contribution in [3.05, 3.63) is 30.3 Å². The molecule has 2 N–H and O–H groups in total. The molecule has 0 fully saturated rings. The molecule has 1 aromatic carbocycles. The van der Waals surface area contributed by atoms with Gasteiger partial charge in [0.1, 0.15) is 11.8 Å². The number of para-hydroxylation sites is 1. The number of ether oxygens (including phenoxy) is 2. The molecule has 0 bridgehead atoms. The quantitative estimate of drug-likeness (QED) is 0.599. The van der Waals surface area contributed by atoms with Crippen molar-refractivity contribution in [2.24, 2.45) is 0 Å². The number of hydrogen-bond donors (Lipinski definition) is 2. The predicted octanol–water partition coefficient (Wildman–Crippen LogP) is 1.18. The van der Waals surface area contributed by atoms with E-state index in [4.69, 9.17) is 9.84 Å². The fourth-order valence-electron chi connectivity index (χ4n) is 1.39. The Morgan fingerprint density at radius 3 is 2.45 bits per heavy atom. The number of methoxy groups -OCH3 is 1. The number of carboxylic acids is 1. The molecule has 1 amide bonds. The van der Waals surface area contributed by atoms with Gasteiger partial charge in [-0.1, -0.05) is 18.2 Å². The largest absolute Gasteiger partial charge is 0.480 e. The van der Waals surface area contributed by atoms with Crippen LogP contribution in [0.2, 0.25) is 0 Å². The lowest BCUT2D eigenvalue weighted by molar-refractivity contribution is -0.140. The van der Waals surface area contributed by atoms with Gasteiger partial charge in [-0.25, -0.2) is 9.59 Å². The summed E-state index contributed by atoms with van der Waals surface area (Å²) in [6, 6.07) is 7.21. The molecule has 7 heteroatoms. The Bertz CT molecular complexity index is 473. The molecule has 0 aliphatic heterocycles. The minimum Gasteiger partial charge on any atom is -0.480 e. The lowest BCUT2D eigenvalue weighted by Crippen LogP contribution is -2.41. The Labute approximate surface area is 115 Å². The first-order valence-corrected chi connectivity index (χ1v) is 5.86. The van der Waals surface area contributed by atoms with Crippen molar-refractivity contribution in [2.45, 2.75) is 18.9 Å². The van der Waals surface area contributed by atoms with Crippen LogP contribution in [0.3, 0.4) is 0 Å². The monoisotopic (exact) mass is 281 g/mol. The third-order valence-electron chi connectivity index (χ3n) is 2.39. The third kappa shape index (κ3) is 5.38. The first-order valence-electron chi connectivity index (χ1n) is 5.86. The van der Waals surface area contributed by atoms with Gasteiger partial charge >= 0.3 is 18.0 Å². The van der Waals surface area contributed by atoms with Gasteiger partial charge < -0.3 is 19.9 Å². The lowest BCUT2D eigenvalue weighted by Gasteiger charge is -2.12. The van der Waals surface area contributed by atoms with Crippen molar-refractivity contribution in [1.82, 2.24) is 5.32 Å². The second-order valence-electron chi connectivity index (χ2n) is 3.85. The summed E-state index contributed by atoms with van der Waals surface area (Å²) in [6.45, 7) is 0. The summed E-state index contributed by atoms with van der Waals surface area (Å²) in [6.07, 6.45) is -1.10. The topological polar surface area (TPSA) is 102 Å². The number of aliphatic carboxylic acids is 1. The molecule has 0 saturated carbocycles. The minimum absolute atomic E-state index is 0.0872. The second-order valence-corrected chi connectivity index (χ2v) is 3.85. The summed E-state index contributed by atoms with van der Waals surface area (Å²) in [4.78, 5) is 33.4. The number of amides is 1. The molecule has 0 saturated heterocycles. The van der Waals surface area contributed by atoms with Crippen molar-refractivity contribution in [1.29, 1.82) is 0 Å². The average molecular weight is 281 g/mol. The lowest BCUT2D eigenvalue weighted by atomic mass is 10.1. The molecule has 0 spiro atoms. The molecule has 108 valence electrons. The number of carbonyl (C=O) groups excluding carboxylic acids is 2. The number of nitrogens with one attached hydrogen (secondary N) is 1. The van der Waals surface area contributed by atoms with Crippen LogP contribution in [0.4, 0.5) is 4.79 Å². The van der Waals surface area contributed by atoms with Gasteiger partial charge in [-0.15, -0.1) is 0 Å². The Kier molecular flexibility index (Phi) is 6.02. The third-order valence-corrected chi connectivity index (χ3v) is 2.39. The maximum Gasteiger partial charge on any atom is 0.407 e. The Balaban J connectivity index is 2.44. The molecule has 0 heterocycles. The Morgan fingerprint density at radius 2 is 1.90 bits per heavy atom. The predicted molar refractivity (Wildman–Crippen MR) is 68.3 cm³/mol. The standard InChI is InChI=1S/C13H15NO6/c1-19-13(18)14-10(12(16)17)7-8-11(15)20-9-5-3-2-4-6-9/h2-6,10H,7-8H2,1H3,(H,14,18)(H,16,17)/t10-/m0/s1. The van der Waals surface area contributed by atoms with Crippen LogP contribution < -0.4 is 10.1 Å². The van der Waals surface area contributed by atoms with Gasteiger partial charge in [0, 0.05) is 6.42 Å². The summed E-state index contributed by atoms with van der Waals surface area (Å²) in [5.74, 6) is -1.44. The molecular formula is C13H15NO6. The molecule has 7 nitrogen and oxygen atoms in total. The highest BCUT2D eigenvalue weighted by molar-refractivity contribution is 5.81. The number of benzene rings is 1. The Hall–Kier alpha value is -2.57. The first kappa shape index (κ1) is 15.5. The number of carboxylic acid groups (broad SMARTS) is 1. The second kappa shape index (κ2) is 7.78. The number of alkyl carbamates (subject to hydrolysis) is 1. The SMILES string of the molecule is COC(=O)N[C@@H](CCC(=O)Oc1ccccc1)C(=O)O. The van der Waals surface area contributed by atoms with Gasteiger partial charge in [0.15, 0.2) is 0 Å². The van der Waals surface area contributed by atoms with E-state index in [0.29, 0.717) is 5.75 Å². The van der Waals surface area contributed by atoms with Crippen LogP contribution >= 0.6 is 0 Å². The van der Waals surface area contributed by atoms with Gasteiger partial charge in [0.2, 0.25) is 0 Å².